The van der Waals surface area contributed by atoms with E-state index in [-0.39, 0.29) is 18.0 Å². The van der Waals surface area contributed by atoms with E-state index in [1.165, 1.54) is 0 Å². The topological polar surface area (TPSA) is 26.3 Å². The van der Waals surface area contributed by atoms with Gasteiger partial charge in [0, 0.05) is 0 Å². The lowest BCUT2D eigenvalue weighted by Gasteiger charge is -2.20. The van der Waals surface area contributed by atoms with Gasteiger partial charge in [-0.1, -0.05) is 12.2 Å². The second-order valence-corrected chi connectivity index (χ2v) is 2.60. The van der Waals surface area contributed by atoms with E-state index in [0.29, 0.717) is 0 Å². The first-order chi connectivity index (χ1) is 5.24. The lowest BCUT2D eigenvalue weighted by molar-refractivity contribution is -0.128. The minimum atomic E-state index is -0.287. The van der Waals surface area contributed by atoms with Crippen LogP contribution in [0.3, 0.4) is 0 Å². The molecule has 0 aromatic carbocycles. The van der Waals surface area contributed by atoms with E-state index >= 15 is 0 Å². The maximum Gasteiger partial charge on any atom is 0.183 e. The van der Waals surface area contributed by atoms with Crippen LogP contribution in [0.1, 0.15) is 13.3 Å². The monoisotopic (exact) mass is 152 g/mol. The number of hydrogen-bond donors (Lipinski definition) is 0. The molecular formula is C9H12O2. The van der Waals surface area contributed by atoms with Crippen molar-refractivity contribution in [3.63, 3.8) is 0 Å². The van der Waals surface area contributed by atoms with Crippen LogP contribution < -0.4 is 0 Å². The number of ether oxygens (including phenoxy) is 1. The first-order valence-electron chi connectivity index (χ1n) is 3.72. The second kappa shape index (κ2) is 3.49. The molecule has 0 radical (unpaired) electrons. The zero-order chi connectivity index (χ0) is 8.27. The summed E-state index contributed by atoms with van der Waals surface area (Å²) in [4.78, 5) is 10.9. The molecule has 0 aromatic rings. The van der Waals surface area contributed by atoms with E-state index in [4.69, 9.17) is 4.74 Å². The highest BCUT2D eigenvalue weighted by molar-refractivity contribution is 5.93. The summed E-state index contributed by atoms with van der Waals surface area (Å²) in [5, 5.41) is 0. The second-order valence-electron chi connectivity index (χ2n) is 2.60. The standard InChI is InChI=1S/C9H12O2/c1-3-4-8-5-6-9(10)7(2)11-8/h3,5-8H,1,4H2,2H3/t7-,8+/m1/s1. The summed E-state index contributed by atoms with van der Waals surface area (Å²) in [5.41, 5.74) is 0. The Bertz CT molecular complexity index is 194. The SMILES string of the molecule is C=CC[C@H]1C=CC(=O)[C@@H](C)O1. The van der Waals surface area contributed by atoms with Gasteiger partial charge in [0.15, 0.2) is 5.78 Å². The van der Waals surface area contributed by atoms with Crippen LogP contribution >= 0.6 is 0 Å². The first kappa shape index (κ1) is 8.21. The molecule has 0 amide bonds. The molecule has 1 aliphatic heterocycles. The number of hydrogen-bond acceptors (Lipinski definition) is 2. The Kier molecular flexibility index (Phi) is 2.60. The predicted molar refractivity (Wildman–Crippen MR) is 43.3 cm³/mol. The lowest BCUT2D eigenvalue weighted by Crippen LogP contribution is -2.28. The molecule has 2 nitrogen and oxygen atoms in total. The zero-order valence-electron chi connectivity index (χ0n) is 6.62. The summed E-state index contributed by atoms with van der Waals surface area (Å²) in [6.07, 6.45) is 5.68. The fraction of sp³-hybridized carbons (Fsp3) is 0.444. The maximum atomic E-state index is 10.9. The van der Waals surface area contributed by atoms with Gasteiger partial charge in [-0.3, -0.25) is 4.79 Å². The maximum absolute atomic E-state index is 10.9. The van der Waals surface area contributed by atoms with Gasteiger partial charge in [-0.15, -0.1) is 6.58 Å². The third kappa shape index (κ3) is 2.02. The van der Waals surface area contributed by atoms with Crippen LogP contribution in [-0.4, -0.2) is 18.0 Å². The van der Waals surface area contributed by atoms with Crippen molar-refractivity contribution in [3.8, 4) is 0 Å². The largest absolute Gasteiger partial charge is 0.363 e. The van der Waals surface area contributed by atoms with Gasteiger partial charge in [-0.05, 0) is 19.4 Å². The molecule has 2 atom stereocenters. The minimum absolute atomic E-state index is 0.0419. The molecule has 11 heavy (non-hydrogen) atoms. The van der Waals surface area contributed by atoms with E-state index in [1.54, 1.807) is 25.2 Å². The Balaban J connectivity index is 2.56. The minimum Gasteiger partial charge on any atom is -0.363 e. The lowest BCUT2D eigenvalue weighted by atomic mass is 10.1. The summed E-state index contributed by atoms with van der Waals surface area (Å²) < 4.78 is 5.33. The molecular weight excluding hydrogens is 140 g/mol. The van der Waals surface area contributed by atoms with Crippen molar-refractivity contribution in [2.45, 2.75) is 25.6 Å². The number of ketones is 1. The molecule has 1 rings (SSSR count). The van der Waals surface area contributed by atoms with E-state index < -0.39 is 0 Å². The first-order valence-corrected chi connectivity index (χ1v) is 3.72. The van der Waals surface area contributed by atoms with Gasteiger partial charge in [0.25, 0.3) is 0 Å². The predicted octanol–water partition coefficient (Wildman–Crippen LogP) is 1.48. The number of carbonyl (C=O) groups is 1. The quantitative estimate of drug-likeness (QED) is 0.560. The molecule has 0 bridgehead atoms. The van der Waals surface area contributed by atoms with E-state index in [9.17, 15) is 4.79 Å². The van der Waals surface area contributed by atoms with Gasteiger partial charge < -0.3 is 4.74 Å². The van der Waals surface area contributed by atoms with Crippen LogP contribution in [0.25, 0.3) is 0 Å². The molecule has 0 spiro atoms. The average Bonchev–Trinajstić information content (AvgIpc) is 1.98. The van der Waals surface area contributed by atoms with Crippen LogP contribution in [0.2, 0.25) is 0 Å². The van der Waals surface area contributed by atoms with Crippen LogP contribution in [0.4, 0.5) is 0 Å². The Labute approximate surface area is 66.5 Å². The zero-order valence-corrected chi connectivity index (χ0v) is 6.62. The molecule has 2 heteroatoms. The van der Waals surface area contributed by atoms with Gasteiger partial charge in [-0.2, -0.15) is 0 Å². The van der Waals surface area contributed by atoms with Crippen LogP contribution in [0.15, 0.2) is 24.8 Å². The highest BCUT2D eigenvalue weighted by atomic mass is 16.5. The molecule has 0 fully saturated rings. The van der Waals surface area contributed by atoms with Crippen molar-refractivity contribution < 1.29 is 9.53 Å². The van der Waals surface area contributed by atoms with Gasteiger partial charge >= 0.3 is 0 Å². The van der Waals surface area contributed by atoms with Gasteiger partial charge in [0.1, 0.15) is 6.10 Å². The molecule has 0 unspecified atom stereocenters. The van der Waals surface area contributed by atoms with Crippen molar-refractivity contribution in [1.29, 1.82) is 0 Å². The Morgan fingerprint density at radius 2 is 2.55 bits per heavy atom. The number of carbonyl (C=O) groups excluding carboxylic acids is 1. The van der Waals surface area contributed by atoms with Gasteiger partial charge in [-0.25, -0.2) is 0 Å². The Morgan fingerprint density at radius 1 is 1.82 bits per heavy atom. The Hall–Kier alpha value is -0.890. The smallest absolute Gasteiger partial charge is 0.183 e. The van der Waals surface area contributed by atoms with E-state index in [1.807, 2.05) is 0 Å². The van der Waals surface area contributed by atoms with Crippen molar-refractivity contribution in [2.75, 3.05) is 0 Å². The van der Waals surface area contributed by atoms with Crippen molar-refractivity contribution in [1.82, 2.24) is 0 Å². The Morgan fingerprint density at radius 3 is 3.09 bits per heavy atom. The molecule has 1 aliphatic rings. The fourth-order valence-electron chi connectivity index (χ4n) is 1.01. The third-order valence-corrected chi connectivity index (χ3v) is 1.65. The normalized spacial score (nSPS) is 30.5. The van der Waals surface area contributed by atoms with Crippen molar-refractivity contribution in [3.05, 3.63) is 24.8 Å². The molecule has 0 N–H and O–H groups in total. The number of rotatable bonds is 2. The van der Waals surface area contributed by atoms with Crippen LogP contribution in [-0.2, 0) is 9.53 Å². The molecule has 0 aliphatic carbocycles. The molecule has 0 saturated heterocycles. The third-order valence-electron chi connectivity index (χ3n) is 1.65. The van der Waals surface area contributed by atoms with Crippen LogP contribution in [0.5, 0.6) is 0 Å². The van der Waals surface area contributed by atoms with E-state index in [2.05, 4.69) is 6.58 Å². The van der Waals surface area contributed by atoms with Crippen molar-refractivity contribution >= 4 is 5.78 Å². The average molecular weight is 152 g/mol. The fourth-order valence-corrected chi connectivity index (χ4v) is 1.01. The summed E-state index contributed by atoms with van der Waals surface area (Å²) >= 11 is 0. The molecule has 1 heterocycles. The summed E-state index contributed by atoms with van der Waals surface area (Å²) in [7, 11) is 0. The highest BCUT2D eigenvalue weighted by Gasteiger charge is 2.19. The van der Waals surface area contributed by atoms with Crippen LogP contribution in [0, 0.1) is 0 Å². The molecule has 60 valence electrons. The summed E-state index contributed by atoms with van der Waals surface area (Å²) in [6.45, 7) is 5.37. The van der Waals surface area contributed by atoms with Crippen molar-refractivity contribution in [2.24, 2.45) is 0 Å². The molecule has 0 saturated carbocycles. The summed E-state index contributed by atoms with van der Waals surface area (Å²) in [6, 6.07) is 0. The highest BCUT2D eigenvalue weighted by Crippen LogP contribution is 2.11. The van der Waals surface area contributed by atoms with Gasteiger partial charge in [0.05, 0.1) is 6.10 Å². The summed E-state index contributed by atoms with van der Waals surface area (Å²) in [5.74, 6) is 0.0466. The van der Waals surface area contributed by atoms with E-state index in [0.717, 1.165) is 6.42 Å². The molecule has 0 aromatic heterocycles. The van der Waals surface area contributed by atoms with Gasteiger partial charge in [0.2, 0.25) is 0 Å².